The summed E-state index contributed by atoms with van der Waals surface area (Å²) in [6.45, 7) is 5.46. The molecule has 0 radical (unpaired) electrons. The Kier molecular flexibility index (Phi) is 4.04. The minimum Gasteiger partial charge on any atom is -0.456 e. The first-order valence-electron chi connectivity index (χ1n) is 6.28. The monoisotopic (exact) mass is 288 g/mol. The van der Waals surface area contributed by atoms with Crippen molar-refractivity contribution < 1.29 is 14.3 Å². The Balaban J connectivity index is 2.14. The molecule has 2 rings (SSSR count). The predicted octanol–water partition coefficient (Wildman–Crippen LogP) is 3.93. The third-order valence-electron chi connectivity index (χ3n) is 2.53. The second-order valence-electron chi connectivity index (χ2n) is 5.39. The lowest BCUT2D eigenvalue weighted by atomic mass is 10.1. The van der Waals surface area contributed by atoms with Gasteiger partial charge < -0.3 is 4.74 Å². The molecule has 4 heteroatoms. The fourth-order valence-electron chi connectivity index (χ4n) is 1.64. The largest absolute Gasteiger partial charge is 0.456 e. The van der Waals surface area contributed by atoms with E-state index < -0.39 is 5.60 Å². The van der Waals surface area contributed by atoms with Gasteiger partial charge in [-0.2, -0.15) is 0 Å². The van der Waals surface area contributed by atoms with E-state index in [9.17, 15) is 9.59 Å². The summed E-state index contributed by atoms with van der Waals surface area (Å²) in [5.74, 6) is -0.414. The number of rotatable bonds is 3. The van der Waals surface area contributed by atoms with Gasteiger partial charge in [-0.3, -0.25) is 4.79 Å². The van der Waals surface area contributed by atoms with E-state index in [4.69, 9.17) is 4.74 Å². The summed E-state index contributed by atoms with van der Waals surface area (Å²) < 4.78 is 5.27. The third-order valence-corrected chi connectivity index (χ3v) is 3.40. The van der Waals surface area contributed by atoms with Crippen molar-refractivity contribution >= 4 is 23.1 Å². The Morgan fingerprint density at radius 3 is 2.10 bits per heavy atom. The summed E-state index contributed by atoms with van der Waals surface area (Å²) in [4.78, 5) is 24.7. The highest BCUT2D eigenvalue weighted by Crippen LogP contribution is 2.17. The second-order valence-corrected chi connectivity index (χ2v) is 6.33. The number of hydrogen-bond donors (Lipinski definition) is 0. The molecule has 0 fully saturated rings. The molecule has 3 nitrogen and oxygen atoms in total. The Labute approximate surface area is 122 Å². The number of carbonyl (C=O) groups excluding carboxylic acids is 2. The molecule has 104 valence electrons. The molecule has 1 aromatic carbocycles. The van der Waals surface area contributed by atoms with Crippen LogP contribution in [0.25, 0.3) is 0 Å². The average molecular weight is 288 g/mol. The fraction of sp³-hybridized carbons (Fsp3) is 0.250. The number of esters is 1. The second kappa shape index (κ2) is 5.59. The van der Waals surface area contributed by atoms with E-state index in [1.807, 2.05) is 32.2 Å². The van der Waals surface area contributed by atoms with Crippen LogP contribution in [-0.2, 0) is 4.74 Å². The summed E-state index contributed by atoms with van der Waals surface area (Å²) in [6.07, 6.45) is 0. The Bertz CT molecular complexity index is 604. The van der Waals surface area contributed by atoms with Crippen molar-refractivity contribution in [3.05, 3.63) is 57.8 Å². The molecule has 0 unspecified atom stereocenters. The van der Waals surface area contributed by atoms with Crippen molar-refractivity contribution in [2.24, 2.45) is 0 Å². The van der Waals surface area contributed by atoms with Crippen LogP contribution in [0.5, 0.6) is 0 Å². The van der Waals surface area contributed by atoms with Gasteiger partial charge in [-0.25, -0.2) is 4.79 Å². The molecule has 0 aliphatic rings. The van der Waals surface area contributed by atoms with E-state index in [2.05, 4.69) is 0 Å². The molecule has 0 aliphatic heterocycles. The van der Waals surface area contributed by atoms with Crippen LogP contribution >= 0.6 is 11.3 Å². The van der Waals surface area contributed by atoms with Crippen molar-refractivity contribution in [2.45, 2.75) is 26.4 Å². The highest BCUT2D eigenvalue weighted by Gasteiger charge is 2.18. The lowest BCUT2D eigenvalue weighted by Crippen LogP contribution is -2.23. The molecule has 20 heavy (non-hydrogen) atoms. The maximum Gasteiger partial charge on any atom is 0.338 e. The van der Waals surface area contributed by atoms with Crippen molar-refractivity contribution in [1.29, 1.82) is 0 Å². The van der Waals surface area contributed by atoms with E-state index in [1.54, 1.807) is 30.3 Å². The quantitative estimate of drug-likeness (QED) is 0.635. The molecule has 0 spiro atoms. The molecule has 2 aromatic rings. The molecule has 1 aromatic heterocycles. The minimum absolute atomic E-state index is 0.0317. The zero-order valence-electron chi connectivity index (χ0n) is 11.7. The normalized spacial score (nSPS) is 11.2. The van der Waals surface area contributed by atoms with Crippen molar-refractivity contribution in [3.8, 4) is 0 Å². The van der Waals surface area contributed by atoms with Crippen LogP contribution in [0.4, 0.5) is 0 Å². The first-order chi connectivity index (χ1) is 9.37. The number of thiophene rings is 1. The van der Waals surface area contributed by atoms with Gasteiger partial charge in [0.2, 0.25) is 5.78 Å². The molecule has 0 atom stereocenters. The molecule has 0 aliphatic carbocycles. The molecule has 0 saturated heterocycles. The first-order valence-corrected chi connectivity index (χ1v) is 7.16. The molecular formula is C16H16O3S. The maximum absolute atomic E-state index is 12.1. The number of benzene rings is 1. The van der Waals surface area contributed by atoms with E-state index in [1.165, 1.54) is 11.3 Å². The van der Waals surface area contributed by atoms with Crippen molar-refractivity contribution in [3.63, 3.8) is 0 Å². The number of ether oxygens (including phenoxy) is 1. The number of hydrogen-bond acceptors (Lipinski definition) is 4. The molecule has 0 bridgehead atoms. The van der Waals surface area contributed by atoms with Gasteiger partial charge in [0.1, 0.15) is 5.60 Å². The van der Waals surface area contributed by atoms with Crippen molar-refractivity contribution in [2.75, 3.05) is 0 Å². The van der Waals surface area contributed by atoms with Gasteiger partial charge >= 0.3 is 5.97 Å². The highest BCUT2D eigenvalue weighted by molar-refractivity contribution is 7.12. The SMILES string of the molecule is CC(C)(C)OC(=O)c1ccc(C(=O)c2cccs2)cc1. The van der Waals surface area contributed by atoms with Gasteiger partial charge in [0.05, 0.1) is 10.4 Å². The zero-order chi connectivity index (χ0) is 14.8. The smallest absolute Gasteiger partial charge is 0.338 e. The van der Waals surface area contributed by atoms with Gasteiger partial charge in [-0.1, -0.05) is 18.2 Å². The van der Waals surface area contributed by atoms with Gasteiger partial charge in [0, 0.05) is 5.56 Å². The summed E-state index contributed by atoms with van der Waals surface area (Å²) in [7, 11) is 0. The molecule has 0 amide bonds. The molecule has 1 heterocycles. The van der Waals surface area contributed by atoms with Crippen LogP contribution in [0.1, 0.15) is 46.4 Å². The van der Waals surface area contributed by atoms with Gasteiger partial charge in [-0.15, -0.1) is 11.3 Å². The molecular weight excluding hydrogens is 272 g/mol. The Hall–Kier alpha value is -1.94. The summed E-state index contributed by atoms with van der Waals surface area (Å²) >= 11 is 1.40. The average Bonchev–Trinajstić information content (AvgIpc) is 2.90. The number of ketones is 1. The number of carbonyl (C=O) groups is 2. The van der Waals surface area contributed by atoms with Gasteiger partial charge in [-0.05, 0) is 44.4 Å². The Morgan fingerprint density at radius 2 is 1.60 bits per heavy atom. The lowest BCUT2D eigenvalue weighted by Gasteiger charge is -2.19. The van der Waals surface area contributed by atoms with Gasteiger partial charge in [0.25, 0.3) is 0 Å². The van der Waals surface area contributed by atoms with Crippen molar-refractivity contribution in [1.82, 2.24) is 0 Å². The molecule has 0 N–H and O–H groups in total. The van der Waals surface area contributed by atoms with Crippen LogP contribution in [0.2, 0.25) is 0 Å². The third kappa shape index (κ3) is 3.54. The minimum atomic E-state index is -0.525. The van der Waals surface area contributed by atoms with E-state index >= 15 is 0 Å². The van der Waals surface area contributed by atoms with Crippen LogP contribution in [-0.4, -0.2) is 17.4 Å². The lowest BCUT2D eigenvalue weighted by molar-refractivity contribution is 0.00694. The standard InChI is InChI=1S/C16H16O3S/c1-16(2,3)19-15(18)12-8-6-11(7-9-12)14(17)13-5-4-10-20-13/h4-10H,1-3H3. The maximum atomic E-state index is 12.1. The van der Waals surface area contributed by atoms with E-state index in [-0.39, 0.29) is 11.8 Å². The first kappa shape index (κ1) is 14.5. The highest BCUT2D eigenvalue weighted by atomic mass is 32.1. The van der Waals surface area contributed by atoms with Crippen LogP contribution < -0.4 is 0 Å². The van der Waals surface area contributed by atoms with Crippen LogP contribution in [0.3, 0.4) is 0 Å². The van der Waals surface area contributed by atoms with Crippen LogP contribution in [0.15, 0.2) is 41.8 Å². The summed E-state index contributed by atoms with van der Waals surface area (Å²) in [5.41, 5.74) is 0.491. The predicted molar refractivity (Wildman–Crippen MR) is 79.4 cm³/mol. The van der Waals surface area contributed by atoms with E-state index in [0.717, 1.165) is 0 Å². The zero-order valence-corrected chi connectivity index (χ0v) is 12.5. The Morgan fingerprint density at radius 1 is 1.00 bits per heavy atom. The van der Waals surface area contributed by atoms with Gasteiger partial charge in [0.15, 0.2) is 0 Å². The summed E-state index contributed by atoms with van der Waals surface area (Å²) in [5, 5.41) is 1.86. The molecule has 0 saturated carbocycles. The summed E-state index contributed by atoms with van der Waals surface area (Å²) in [6, 6.07) is 10.2. The van der Waals surface area contributed by atoms with E-state index in [0.29, 0.717) is 16.0 Å². The topological polar surface area (TPSA) is 43.4 Å². The van der Waals surface area contributed by atoms with Crippen LogP contribution in [0, 0.1) is 0 Å². The fourth-order valence-corrected chi connectivity index (χ4v) is 2.33.